The molecule has 0 aliphatic heterocycles. The molecular weight excluding hydrogens is 343 g/mol. The van der Waals surface area contributed by atoms with Crippen LogP contribution in [-0.2, 0) is 14.1 Å². The largest absolute Gasteiger partial charge is 0.318 e. The predicted octanol–water partition coefficient (Wildman–Crippen LogP) is 3.33. The number of carbonyl (C=O) groups excluding carboxylic acids is 1. The number of amides is 1. The summed E-state index contributed by atoms with van der Waals surface area (Å²) in [5, 5.41) is 5.08. The van der Waals surface area contributed by atoms with Crippen LogP contribution in [0.5, 0.6) is 0 Å². The predicted molar refractivity (Wildman–Crippen MR) is 88.7 cm³/mol. The molecule has 0 radical (unpaired) electrons. The van der Waals surface area contributed by atoms with Gasteiger partial charge in [0.1, 0.15) is 0 Å². The topological polar surface area (TPSA) is 52.2 Å². The molecule has 0 aliphatic rings. The summed E-state index contributed by atoms with van der Waals surface area (Å²) < 4.78 is 4.28. The number of rotatable bonds is 1. The summed E-state index contributed by atoms with van der Waals surface area (Å²) in [4.78, 5) is 17.0. The van der Waals surface area contributed by atoms with Crippen LogP contribution in [0, 0.1) is 6.92 Å². The van der Waals surface area contributed by atoms with Gasteiger partial charge in [-0.25, -0.2) is 0 Å². The first-order chi connectivity index (χ1) is 10.4. The van der Waals surface area contributed by atoms with Crippen molar-refractivity contribution in [3.05, 3.63) is 44.4 Å². The van der Waals surface area contributed by atoms with Crippen LogP contribution in [0.15, 0.2) is 23.3 Å². The summed E-state index contributed by atoms with van der Waals surface area (Å²) in [5.41, 5.74) is 1.91. The molecule has 5 nitrogen and oxygen atoms in total. The number of aryl methyl sites for hydroxylation is 3. The molecule has 0 aliphatic carbocycles. The average molecular weight is 355 g/mol. The van der Waals surface area contributed by atoms with Crippen molar-refractivity contribution in [3.63, 3.8) is 0 Å². The van der Waals surface area contributed by atoms with Crippen LogP contribution in [0.4, 0.5) is 0 Å². The quantitative estimate of drug-likeness (QED) is 0.672. The van der Waals surface area contributed by atoms with E-state index in [1.807, 2.05) is 13.0 Å². The molecule has 8 heteroatoms. The lowest BCUT2D eigenvalue weighted by Gasteiger charge is -2.00. The molecule has 0 unspecified atom stereocenters. The van der Waals surface area contributed by atoms with Crippen LogP contribution < -0.4 is 4.80 Å². The Balaban J connectivity index is 2.18. The zero-order valence-corrected chi connectivity index (χ0v) is 14.4. The summed E-state index contributed by atoms with van der Waals surface area (Å²) in [6, 6.07) is 3.60. The second-order valence-corrected chi connectivity index (χ2v) is 6.70. The molecule has 0 saturated heterocycles. The molecule has 0 atom stereocenters. The summed E-state index contributed by atoms with van der Waals surface area (Å²) in [7, 11) is 3.57. The van der Waals surface area contributed by atoms with E-state index in [0.29, 0.717) is 20.5 Å². The van der Waals surface area contributed by atoms with Gasteiger partial charge in [0.25, 0.3) is 5.91 Å². The third-order valence-corrected chi connectivity index (χ3v) is 5.16. The molecule has 0 bridgehead atoms. The zero-order valence-electron chi connectivity index (χ0n) is 12.1. The number of hydrogen-bond acceptors (Lipinski definition) is 3. The smallest absolute Gasteiger partial charge is 0.300 e. The maximum absolute atomic E-state index is 12.3. The normalized spacial score (nSPS) is 12.3. The van der Waals surface area contributed by atoms with E-state index in [2.05, 4.69) is 10.1 Å². The summed E-state index contributed by atoms with van der Waals surface area (Å²) >= 11 is 13.7. The molecule has 2 aromatic heterocycles. The molecule has 2 heterocycles. The lowest BCUT2D eigenvalue weighted by atomic mass is 10.3. The van der Waals surface area contributed by atoms with E-state index < -0.39 is 0 Å². The van der Waals surface area contributed by atoms with Crippen LogP contribution >= 0.6 is 34.5 Å². The lowest BCUT2D eigenvalue weighted by Crippen LogP contribution is -2.14. The molecule has 3 aromatic rings. The van der Waals surface area contributed by atoms with Crippen LogP contribution in [0.3, 0.4) is 0 Å². The van der Waals surface area contributed by atoms with Crippen LogP contribution in [0.1, 0.15) is 16.1 Å². The van der Waals surface area contributed by atoms with Crippen molar-refractivity contribution in [1.82, 2.24) is 14.3 Å². The Morgan fingerprint density at radius 3 is 2.68 bits per heavy atom. The fourth-order valence-electron chi connectivity index (χ4n) is 2.24. The van der Waals surface area contributed by atoms with E-state index in [1.165, 1.54) is 11.3 Å². The molecule has 0 saturated carbocycles. The van der Waals surface area contributed by atoms with Gasteiger partial charge in [-0.1, -0.05) is 34.5 Å². The zero-order chi connectivity index (χ0) is 16.0. The van der Waals surface area contributed by atoms with E-state index in [-0.39, 0.29) is 5.91 Å². The van der Waals surface area contributed by atoms with Crippen LogP contribution in [0.2, 0.25) is 10.0 Å². The van der Waals surface area contributed by atoms with Gasteiger partial charge in [-0.2, -0.15) is 10.1 Å². The monoisotopic (exact) mass is 354 g/mol. The number of benzene rings is 1. The number of hydrogen-bond donors (Lipinski definition) is 0. The second-order valence-electron chi connectivity index (χ2n) is 4.90. The Labute approximate surface area is 140 Å². The number of nitrogens with zero attached hydrogens (tertiary/aromatic N) is 4. The van der Waals surface area contributed by atoms with Crippen molar-refractivity contribution in [2.75, 3.05) is 0 Å². The van der Waals surface area contributed by atoms with Crippen LogP contribution in [-0.4, -0.2) is 20.3 Å². The van der Waals surface area contributed by atoms with E-state index in [1.54, 1.807) is 35.6 Å². The van der Waals surface area contributed by atoms with Gasteiger partial charge in [-0.3, -0.25) is 9.48 Å². The third-order valence-electron chi connectivity index (χ3n) is 3.27. The highest BCUT2D eigenvalue weighted by atomic mass is 35.5. The second kappa shape index (κ2) is 5.53. The number of thiazole rings is 1. The molecular formula is C14H12Cl2N4OS. The summed E-state index contributed by atoms with van der Waals surface area (Å²) in [6.45, 7) is 1.83. The average Bonchev–Trinajstić information content (AvgIpc) is 2.95. The van der Waals surface area contributed by atoms with Crippen LogP contribution in [0.25, 0.3) is 10.2 Å². The standard InChI is InChI=1S/C14H12Cl2N4OS/c1-7-6-19(2)18-11(7)13(21)17-14-20(3)12-9(22-14)5-4-8(15)10(12)16/h4-6H,1-3H3. The molecule has 114 valence electrons. The van der Waals surface area contributed by atoms with E-state index in [4.69, 9.17) is 23.2 Å². The number of halogens is 2. The Bertz CT molecular complexity index is 967. The van der Waals surface area contributed by atoms with Gasteiger partial charge < -0.3 is 4.57 Å². The highest BCUT2D eigenvalue weighted by Gasteiger charge is 2.14. The molecule has 1 amide bonds. The minimum absolute atomic E-state index is 0.351. The summed E-state index contributed by atoms with van der Waals surface area (Å²) in [5.74, 6) is -0.373. The highest BCUT2D eigenvalue weighted by Crippen LogP contribution is 2.31. The van der Waals surface area contributed by atoms with Crippen molar-refractivity contribution < 1.29 is 4.79 Å². The van der Waals surface area contributed by atoms with E-state index in [9.17, 15) is 4.79 Å². The Morgan fingerprint density at radius 2 is 2.05 bits per heavy atom. The lowest BCUT2D eigenvalue weighted by molar-refractivity contribution is 0.0992. The first-order valence-electron chi connectivity index (χ1n) is 6.41. The van der Waals surface area contributed by atoms with E-state index >= 15 is 0 Å². The van der Waals surface area contributed by atoms with Gasteiger partial charge in [0.15, 0.2) is 10.5 Å². The Morgan fingerprint density at radius 1 is 1.32 bits per heavy atom. The molecule has 0 N–H and O–H groups in total. The fourth-order valence-corrected chi connectivity index (χ4v) is 3.76. The Kier molecular flexibility index (Phi) is 3.84. The van der Waals surface area contributed by atoms with Gasteiger partial charge in [0.2, 0.25) is 0 Å². The first-order valence-corrected chi connectivity index (χ1v) is 7.98. The van der Waals surface area contributed by atoms with Gasteiger partial charge in [0.05, 0.1) is 20.3 Å². The molecule has 0 spiro atoms. The van der Waals surface area contributed by atoms with Crippen molar-refractivity contribution in [3.8, 4) is 0 Å². The SMILES string of the molecule is Cc1cn(C)nc1C(=O)N=c1sc2ccc(Cl)c(Cl)c2n1C. The minimum Gasteiger partial charge on any atom is -0.318 e. The molecule has 3 rings (SSSR count). The number of fused-ring (bicyclic) bond motifs is 1. The molecule has 22 heavy (non-hydrogen) atoms. The number of carbonyl (C=O) groups is 1. The van der Waals surface area contributed by atoms with Crippen molar-refractivity contribution >= 4 is 50.7 Å². The summed E-state index contributed by atoms with van der Waals surface area (Å²) in [6.07, 6.45) is 1.78. The number of aromatic nitrogens is 3. The maximum atomic E-state index is 12.3. The molecule has 1 aromatic carbocycles. The maximum Gasteiger partial charge on any atom is 0.300 e. The third kappa shape index (κ3) is 2.47. The fraction of sp³-hybridized carbons (Fsp3) is 0.214. The van der Waals surface area contributed by atoms with E-state index in [0.717, 1.165) is 15.8 Å². The van der Waals surface area contributed by atoms with Gasteiger partial charge in [0, 0.05) is 25.9 Å². The van der Waals surface area contributed by atoms with Crippen molar-refractivity contribution in [1.29, 1.82) is 0 Å². The molecule has 0 fully saturated rings. The van der Waals surface area contributed by atoms with Crippen molar-refractivity contribution in [2.45, 2.75) is 6.92 Å². The first kappa shape index (κ1) is 15.3. The van der Waals surface area contributed by atoms with Crippen molar-refractivity contribution in [2.24, 2.45) is 19.1 Å². The van der Waals surface area contributed by atoms with Gasteiger partial charge in [-0.15, -0.1) is 0 Å². The minimum atomic E-state index is -0.373. The highest BCUT2D eigenvalue weighted by molar-refractivity contribution is 7.16. The van der Waals surface area contributed by atoms with Gasteiger partial charge in [-0.05, 0) is 19.1 Å². The Hall–Kier alpha value is -1.63. The van der Waals surface area contributed by atoms with Gasteiger partial charge >= 0.3 is 0 Å².